The van der Waals surface area contributed by atoms with Gasteiger partial charge in [-0.2, -0.15) is 39.5 Å². The third-order valence-electron chi connectivity index (χ3n) is 16.7. The van der Waals surface area contributed by atoms with Crippen LogP contribution in [0.4, 0.5) is 39.5 Å². The molecular weight excluding hydrogens is 635 g/mol. The van der Waals surface area contributed by atoms with Gasteiger partial charge in [0.15, 0.2) is 5.60 Å². The van der Waals surface area contributed by atoms with E-state index < -0.39 is 42.1 Å². The van der Waals surface area contributed by atoms with Gasteiger partial charge in [-0.25, -0.2) is 0 Å². The van der Waals surface area contributed by atoms with E-state index in [1.807, 2.05) is 0 Å². The maximum atomic E-state index is 13.1. The molecule has 8 aliphatic rings. The van der Waals surface area contributed by atoms with E-state index in [1.54, 1.807) is 0 Å². The molecule has 0 aromatic carbocycles. The van der Waals surface area contributed by atoms with E-state index in [-0.39, 0.29) is 30.1 Å². The van der Waals surface area contributed by atoms with Gasteiger partial charge < -0.3 is 10.2 Å². The summed E-state index contributed by atoms with van der Waals surface area (Å²) in [5.74, 6) is 8.03. The summed E-state index contributed by atoms with van der Waals surface area (Å²) in [6.45, 7) is 10.1. The van der Waals surface area contributed by atoms with E-state index in [4.69, 9.17) is 0 Å². The van der Waals surface area contributed by atoms with Crippen molar-refractivity contribution in [3.63, 3.8) is 0 Å². The number of halogens is 9. The molecule has 0 spiro atoms. The van der Waals surface area contributed by atoms with Crippen LogP contribution >= 0.6 is 0 Å². The molecule has 0 aromatic heterocycles. The highest BCUT2D eigenvalue weighted by Crippen LogP contribution is 2.73. The SMILES string of the molecule is CC1C(C)C2CC1C1C3CC(CC(C)(O)C(F)(F)F)C(C3)C21.CC1C(C)C2CC1C1C3CC(CC(O)(C(F)(F)F)C(F)(F)F)C(C3)C21. The van der Waals surface area contributed by atoms with Gasteiger partial charge in [0.2, 0.25) is 0 Å². The zero-order chi connectivity index (χ0) is 34.5. The highest BCUT2D eigenvalue weighted by atomic mass is 19.4. The van der Waals surface area contributed by atoms with E-state index in [0.29, 0.717) is 53.8 Å². The number of hydrogen-bond acceptors (Lipinski definition) is 2. The molecule has 19 unspecified atom stereocenters. The van der Waals surface area contributed by atoms with Crippen molar-refractivity contribution in [3.05, 3.63) is 0 Å². The first-order valence-electron chi connectivity index (χ1n) is 18.1. The molecule has 47 heavy (non-hydrogen) atoms. The van der Waals surface area contributed by atoms with Crippen LogP contribution in [0, 0.1) is 107 Å². The fraction of sp³-hybridized carbons (Fsp3) is 1.00. The smallest absolute Gasteiger partial charge is 0.381 e. The Bertz CT molecular complexity index is 1200. The first kappa shape index (κ1) is 34.7. The third-order valence-corrected chi connectivity index (χ3v) is 16.7. The number of alkyl halides is 9. The summed E-state index contributed by atoms with van der Waals surface area (Å²) < 4.78 is 117. The number of hydrogen-bond donors (Lipinski definition) is 2. The van der Waals surface area contributed by atoms with Crippen molar-refractivity contribution in [2.75, 3.05) is 0 Å². The second kappa shape index (κ2) is 10.7. The minimum atomic E-state index is -5.69. The molecule has 8 bridgehead atoms. The summed E-state index contributed by atoms with van der Waals surface area (Å²) in [4.78, 5) is 0. The van der Waals surface area contributed by atoms with Crippen LogP contribution in [0.15, 0.2) is 0 Å². The predicted molar refractivity (Wildman–Crippen MR) is 156 cm³/mol. The highest BCUT2D eigenvalue weighted by Gasteiger charge is 2.73. The van der Waals surface area contributed by atoms with Crippen LogP contribution in [0.3, 0.4) is 0 Å². The van der Waals surface area contributed by atoms with E-state index in [9.17, 15) is 49.7 Å². The van der Waals surface area contributed by atoms with Crippen LogP contribution in [-0.2, 0) is 0 Å². The normalized spacial score (nSPS) is 52.1. The summed E-state index contributed by atoms with van der Waals surface area (Å²) >= 11 is 0. The monoisotopic (exact) mass is 686 g/mol. The number of aliphatic hydroxyl groups is 2. The van der Waals surface area contributed by atoms with Gasteiger partial charge in [0.05, 0.1) is 0 Å². The fourth-order valence-corrected chi connectivity index (χ4v) is 14.6. The van der Waals surface area contributed by atoms with E-state index in [0.717, 1.165) is 62.2 Å². The van der Waals surface area contributed by atoms with E-state index in [1.165, 1.54) is 6.42 Å². The first-order valence-corrected chi connectivity index (χ1v) is 18.1. The minimum Gasteiger partial charge on any atom is -0.381 e. The largest absolute Gasteiger partial charge is 0.426 e. The molecular formula is C36H51F9O2. The van der Waals surface area contributed by atoms with Gasteiger partial charge in [-0.1, -0.05) is 27.7 Å². The average Bonchev–Trinajstić information content (AvgIpc) is 3.77. The van der Waals surface area contributed by atoms with Crippen molar-refractivity contribution < 1.29 is 49.7 Å². The summed E-state index contributed by atoms with van der Waals surface area (Å²) in [5.41, 5.74) is -7.10. The summed E-state index contributed by atoms with van der Waals surface area (Å²) in [7, 11) is 0. The van der Waals surface area contributed by atoms with Crippen LogP contribution in [0.2, 0.25) is 0 Å². The van der Waals surface area contributed by atoms with Crippen molar-refractivity contribution in [1.82, 2.24) is 0 Å². The molecule has 8 aliphatic carbocycles. The van der Waals surface area contributed by atoms with Crippen LogP contribution < -0.4 is 0 Å². The molecule has 0 amide bonds. The molecule has 2 N–H and O–H groups in total. The van der Waals surface area contributed by atoms with Gasteiger partial charge in [0.25, 0.3) is 5.60 Å². The molecule has 2 nitrogen and oxygen atoms in total. The van der Waals surface area contributed by atoms with Gasteiger partial charge in [0.1, 0.15) is 0 Å². The van der Waals surface area contributed by atoms with Crippen molar-refractivity contribution in [3.8, 4) is 0 Å². The molecule has 8 saturated carbocycles. The standard InChI is InChI=1S/C18H24F6O.C18H27F3O/c1-7-8(2)12-5-11(7)14-9-3-10(13(4-9)15(12)14)6-16(25,17(19,20)21)18(22,23)24;1-8-9(2)13-6-12(8)15-10-4-11(14(5-10)16(13)15)7-17(3,22)18(19,20)21/h7-15,25H,3-6H2,1-2H3;8-16,22H,4-7H2,1-3H3. The molecule has 270 valence electrons. The molecule has 11 heteroatoms. The quantitative estimate of drug-likeness (QED) is 0.229. The Morgan fingerprint density at radius 1 is 0.447 bits per heavy atom. The van der Waals surface area contributed by atoms with Gasteiger partial charge in [0, 0.05) is 0 Å². The van der Waals surface area contributed by atoms with Crippen LogP contribution in [0.5, 0.6) is 0 Å². The average molecular weight is 687 g/mol. The molecule has 8 rings (SSSR count). The Balaban J connectivity index is 0.000000151. The second-order valence-electron chi connectivity index (χ2n) is 18.2. The number of fused-ring (bicyclic) bond motifs is 18. The van der Waals surface area contributed by atoms with E-state index >= 15 is 0 Å². The second-order valence-corrected chi connectivity index (χ2v) is 18.2. The molecule has 0 aliphatic heterocycles. The zero-order valence-electron chi connectivity index (χ0n) is 27.8. The topological polar surface area (TPSA) is 40.5 Å². The molecule has 0 radical (unpaired) electrons. The summed E-state index contributed by atoms with van der Waals surface area (Å²) in [5, 5.41) is 19.5. The maximum absolute atomic E-state index is 13.1. The highest BCUT2D eigenvalue weighted by molar-refractivity contribution is 5.16. The summed E-state index contributed by atoms with van der Waals surface area (Å²) in [6.07, 6.45) is -11.6. The molecule has 8 fully saturated rings. The van der Waals surface area contributed by atoms with Gasteiger partial charge in [-0.15, -0.1) is 0 Å². The molecule has 19 atom stereocenters. The Morgan fingerprint density at radius 2 is 0.787 bits per heavy atom. The summed E-state index contributed by atoms with van der Waals surface area (Å²) in [6, 6.07) is 0. The van der Waals surface area contributed by atoms with Crippen LogP contribution in [-0.4, -0.2) is 39.9 Å². The lowest BCUT2D eigenvalue weighted by molar-refractivity contribution is -0.373. The first-order chi connectivity index (χ1) is 21.5. The van der Waals surface area contributed by atoms with Crippen LogP contribution in [0.25, 0.3) is 0 Å². The van der Waals surface area contributed by atoms with E-state index in [2.05, 4.69) is 27.7 Å². The Hall–Kier alpha value is -0.710. The molecule has 0 saturated heterocycles. The van der Waals surface area contributed by atoms with Crippen molar-refractivity contribution >= 4 is 0 Å². The van der Waals surface area contributed by atoms with Crippen molar-refractivity contribution in [2.45, 2.75) is 116 Å². The lowest BCUT2D eigenvalue weighted by Gasteiger charge is -2.45. The molecule has 0 aromatic rings. The van der Waals surface area contributed by atoms with Crippen molar-refractivity contribution in [2.24, 2.45) is 107 Å². The maximum Gasteiger partial charge on any atom is 0.426 e. The minimum absolute atomic E-state index is 0.0738. The lowest BCUT2D eigenvalue weighted by atomic mass is 9.61. The fourth-order valence-electron chi connectivity index (χ4n) is 14.6. The Kier molecular flexibility index (Phi) is 7.88. The zero-order valence-corrected chi connectivity index (χ0v) is 27.8. The Labute approximate surface area is 272 Å². The predicted octanol–water partition coefficient (Wildman–Crippen LogP) is 9.54. The molecule has 0 heterocycles. The third kappa shape index (κ3) is 4.85. The Morgan fingerprint density at radius 3 is 1.13 bits per heavy atom. The number of rotatable bonds is 4. The lowest BCUT2D eigenvalue weighted by Crippen LogP contribution is -2.58. The van der Waals surface area contributed by atoms with Gasteiger partial charge in [-0.3, -0.25) is 0 Å². The van der Waals surface area contributed by atoms with Crippen LogP contribution in [0.1, 0.15) is 86.0 Å². The van der Waals surface area contributed by atoms with Gasteiger partial charge in [-0.05, 0) is 165 Å². The van der Waals surface area contributed by atoms with Gasteiger partial charge >= 0.3 is 18.5 Å². The van der Waals surface area contributed by atoms with Crippen molar-refractivity contribution in [1.29, 1.82) is 0 Å².